The Labute approximate surface area is 338 Å². The van der Waals surface area contributed by atoms with E-state index in [0.29, 0.717) is 0 Å². The second kappa shape index (κ2) is 12.3. The standard InChI is InChI=1S/C56H42N2/c1-56(2,3)39-14-12-13-37(31-39)42-27-23-35-26-30-49-43(28-24-36-25-29-48(42)54(35)55(36)49)38-32-40(57-50-19-8-4-15-44(50)45-16-5-9-20-51(45)57)34-41(33-38)58-52-21-10-6-17-46(52)47-18-7-11-22-53(47)58/h4-6,8-17,19-34H,7,18H2,1-3H3. The second-order valence-electron chi connectivity index (χ2n) is 17.2. The number of para-hydroxylation sites is 3. The van der Waals surface area contributed by atoms with E-state index >= 15 is 0 Å². The Kier molecular flexibility index (Phi) is 7.05. The number of allylic oxidation sites excluding steroid dienone is 1. The van der Waals surface area contributed by atoms with Crippen molar-refractivity contribution in [3.63, 3.8) is 0 Å². The van der Waals surface area contributed by atoms with Crippen LogP contribution in [0.5, 0.6) is 0 Å². The molecule has 11 aromatic rings. The van der Waals surface area contributed by atoms with Crippen LogP contribution in [0.25, 0.3) is 105 Å². The zero-order chi connectivity index (χ0) is 38.7. The van der Waals surface area contributed by atoms with Crippen LogP contribution in [-0.2, 0) is 11.8 Å². The minimum absolute atomic E-state index is 0.0733. The Balaban J connectivity index is 1.16. The van der Waals surface area contributed by atoms with E-state index in [2.05, 4.69) is 206 Å². The molecular formula is C56H42N2. The van der Waals surface area contributed by atoms with Crippen molar-refractivity contribution in [1.29, 1.82) is 0 Å². The number of fused-ring (bicyclic) bond motifs is 6. The fourth-order valence-corrected chi connectivity index (χ4v) is 10.1. The second-order valence-corrected chi connectivity index (χ2v) is 17.2. The van der Waals surface area contributed by atoms with E-state index in [1.54, 1.807) is 0 Å². The lowest BCUT2D eigenvalue weighted by molar-refractivity contribution is 0.590. The fraction of sp³-hybridized carbons (Fsp3) is 0.107. The van der Waals surface area contributed by atoms with Gasteiger partial charge in [0.25, 0.3) is 0 Å². The van der Waals surface area contributed by atoms with Crippen molar-refractivity contribution in [3.8, 4) is 33.6 Å². The summed E-state index contributed by atoms with van der Waals surface area (Å²) in [7, 11) is 0. The molecule has 2 nitrogen and oxygen atoms in total. The van der Waals surface area contributed by atoms with Gasteiger partial charge in [-0.25, -0.2) is 0 Å². The summed E-state index contributed by atoms with van der Waals surface area (Å²) in [6, 6.07) is 61.8. The molecule has 0 saturated heterocycles. The van der Waals surface area contributed by atoms with Gasteiger partial charge in [0.1, 0.15) is 0 Å². The summed E-state index contributed by atoms with van der Waals surface area (Å²) in [5.74, 6) is 0. The average Bonchev–Trinajstić information content (AvgIpc) is 3.78. The summed E-state index contributed by atoms with van der Waals surface area (Å²) in [6.45, 7) is 6.89. The number of hydrogen-bond donors (Lipinski definition) is 0. The van der Waals surface area contributed by atoms with Gasteiger partial charge in [-0.2, -0.15) is 0 Å². The average molecular weight is 743 g/mol. The quantitative estimate of drug-likeness (QED) is 0.159. The molecule has 0 fully saturated rings. The normalized spacial score (nSPS) is 13.2. The van der Waals surface area contributed by atoms with Crippen LogP contribution in [0.3, 0.4) is 0 Å². The summed E-state index contributed by atoms with van der Waals surface area (Å²) >= 11 is 0. The maximum Gasteiger partial charge on any atom is 0.0541 e. The number of nitrogens with zero attached hydrogens (tertiary/aromatic N) is 2. The topological polar surface area (TPSA) is 9.86 Å². The molecule has 1 aliphatic carbocycles. The van der Waals surface area contributed by atoms with Gasteiger partial charge in [0.15, 0.2) is 0 Å². The van der Waals surface area contributed by atoms with Gasteiger partial charge in [-0.1, -0.05) is 154 Å². The third-order valence-electron chi connectivity index (χ3n) is 12.9. The molecule has 9 aromatic carbocycles. The van der Waals surface area contributed by atoms with Crippen LogP contribution in [0, 0.1) is 0 Å². The number of benzene rings is 9. The molecule has 0 amide bonds. The van der Waals surface area contributed by atoms with Crippen LogP contribution in [-0.4, -0.2) is 9.13 Å². The largest absolute Gasteiger partial charge is 0.309 e. The van der Waals surface area contributed by atoms with Crippen molar-refractivity contribution >= 4 is 71.1 Å². The summed E-state index contributed by atoms with van der Waals surface area (Å²) < 4.78 is 4.98. The van der Waals surface area contributed by atoms with Crippen LogP contribution in [0.4, 0.5) is 0 Å². The molecule has 2 heterocycles. The van der Waals surface area contributed by atoms with Gasteiger partial charge in [0, 0.05) is 33.2 Å². The van der Waals surface area contributed by atoms with Gasteiger partial charge in [-0.15, -0.1) is 0 Å². The first kappa shape index (κ1) is 33.3. The molecular weight excluding hydrogens is 701 g/mol. The highest BCUT2D eigenvalue weighted by Crippen LogP contribution is 2.45. The van der Waals surface area contributed by atoms with Crippen LogP contribution >= 0.6 is 0 Å². The summed E-state index contributed by atoms with van der Waals surface area (Å²) in [5.41, 5.74) is 15.2. The molecule has 2 aromatic heterocycles. The first-order valence-electron chi connectivity index (χ1n) is 20.7. The van der Waals surface area contributed by atoms with E-state index < -0.39 is 0 Å². The SMILES string of the molecule is CC(C)(C)c1cccc(-c2ccc3ccc4c(-c5cc(-n6c7c(c8ccccc86)CCC=C7)cc(-n6c7ccccc7c7ccccc76)c5)ccc5ccc2c3c54)c1. The molecule has 0 atom stereocenters. The number of hydrogen-bond acceptors (Lipinski definition) is 0. The van der Waals surface area contributed by atoms with E-state index in [9.17, 15) is 0 Å². The molecule has 58 heavy (non-hydrogen) atoms. The molecule has 0 radical (unpaired) electrons. The number of aromatic nitrogens is 2. The monoisotopic (exact) mass is 742 g/mol. The molecule has 0 saturated carbocycles. The van der Waals surface area contributed by atoms with Gasteiger partial charge in [0.2, 0.25) is 0 Å². The molecule has 0 spiro atoms. The smallest absolute Gasteiger partial charge is 0.0541 e. The molecule has 2 heteroatoms. The molecule has 1 aliphatic rings. The van der Waals surface area contributed by atoms with Crippen molar-refractivity contribution in [3.05, 3.63) is 187 Å². The number of aryl methyl sites for hydroxylation is 1. The minimum atomic E-state index is 0.0733. The highest BCUT2D eigenvalue weighted by atomic mass is 15.0. The summed E-state index contributed by atoms with van der Waals surface area (Å²) in [6.07, 6.45) is 6.80. The Morgan fingerprint density at radius 3 is 1.64 bits per heavy atom. The van der Waals surface area contributed by atoms with Crippen molar-refractivity contribution in [1.82, 2.24) is 9.13 Å². The molecule has 12 rings (SSSR count). The molecule has 0 bridgehead atoms. The Morgan fingerprint density at radius 1 is 0.448 bits per heavy atom. The third kappa shape index (κ3) is 4.85. The lowest BCUT2D eigenvalue weighted by atomic mass is 9.84. The first-order valence-corrected chi connectivity index (χ1v) is 20.7. The highest BCUT2D eigenvalue weighted by Gasteiger charge is 2.22. The zero-order valence-corrected chi connectivity index (χ0v) is 33.1. The van der Waals surface area contributed by atoms with Crippen molar-refractivity contribution in [2.75, 3.05) is 0 Å². The summed E-state index contributed by atoms with van der Waals surface area (Å²) in [4.78, 5) is 0. The first-order chi connectivity index (χ1) is 28.4. The maximum atomic E-state index is 2.51. The van der Waals surface area contributed by atoms with Crippen LogP contribution in [0.2, 0.25) is 0 Å². The number of rotatable bonds is 4. The van der Waals surface area contributed by atoms with Gasteiger partial charge < -0.3 is 9.13 Å². The van der Waals surface area contributed by atoms with Crippen molar-refractivity contribution < 1.29 is 0 Å². The van der Waals surface area contributed by atoms with Crippen molar-refractivity contribution in [2.45, 2.75) is 39.0 Å². The maximum absolute atomic E-state index is 2.51. The zero-order valence-electron chi connectivity index (χ0n) is 33.1. The lowest BCUT2D eigenvalue weighted by Crippen LogP contribution is -2.10. The molecule has 0 aliphatic heterocycles. The van der Waals surface area contributed by atoms with Crippen LogP contribution < -0.4 is 0 Å². The Bertz CT molecular complexity index is 3440. The van der Waals surface area contributed by atoms with E-state index in [1.165, 1.54) is 110 Å². The molecule has 276 valence electrons. The van der Waals surface area contributed by atoms with E-state index in [0.717, 1.165) is 18.5 Å². The van der Waals surface area contributed by atoms with Gasteiger partial charge in [-0.3, -0.25) is 0 Å². The van der Waals surface area contributed by atoms with Crippen molar-refractivity contribution in [2.24, 2.45) is 0 Å². The van der Waals surface area contributed by atoms with E-state index in [1.807, 2.05) is 0 Å². The Hall–Kier alpha value is -6.90. The van der Waals surface area contributed by atoms with Gasteiger partial charge >= 0.3 is 0 Å². The predicted molar refractivity (Wildman–Crippen MR) is 248 cm³/mol. The van der Waals surface area contributed by atoms with Gasteiger partial charge in [-0.05, 0) is 126 Å². The predicted octanol–water partition coefficient (Wildman–Crippen LogP) is 15.2. The summed E-state index contributed by atoms with van der Waals surface area (Å²) in [5, 5.41) is 11.7. The molecule has 0 N–H and O–H groups in total. The third-order valence-corrected chi connectivity index (χ3v) is 12.9. The fourth-order valence-electron chi connectivity index (χ4n) is 10.1. The Morgan fingerprint density at radius 2 is 1.00 bits per heavy atom. The minimum Gasteiger partial charge on any atom is -0.309 e. The van der Waals surface area contributed by atoms with E-state index in [4.69, 9.17) is 0 Å². The highest BCUT2D eigenvalue weighted by molar-refractivity contribution is 6.27. The van der Waals surface area contributed by atoms with E-state index in [-0.39, 0.29) is 5.41 Å². The molecule has 0 unspecified atom stereocenters. The van der Waals surface area contributed by atoms with Crippen LogP contribution in [0.15, 0.2) is 170 Å². The lowest BCUT2D eigenvalue weighted by Gasteiger charge is -2.21. The van der Waals surface area contributed by atoms with Crippen LogP contribution in [0.1, 0.15) is 44.0 Å². The van der Waals surface area contributed by atoms with Gasteiger partial charge in [0.05, 0.1) is 16.6 Å².